The molecule has 0 aliphatic carbocycles. The lowest BCUT2D eigenvalue weighted by Gasteiger charge is -2.43. The van der Waals surface area contributed by atoms with Gasteiger partial charge >= 0.3 is 0 Å². The summed E-state index contributed by atoms with van der Waals surface area (Å²) in [7, 11) is -2.99. The second-order valence-electron chi connectivity index (χ2n) is 33.6. The minimum Gasteiger partial charge on any atom is -0.406 e. The minimum atomic E-state index is -2.99. The summed E-state index contributed by atoms with van der Waals surface area (Å²) in [5, 5.41) is 33.6. The van der Waals surface area contributed by atoms with Gasteiger partial charge in [0.25, 0.3) is 8.32 Å². The van der Waals surface area contributed by atoms with E-state index < -0.39 is 152 Å². The molecule has 3 aromatic heterocycles. The van der Waals surface area contributed by atoms with Gasteiger partial charge in [0.1, 0.15) is 54.4 Å². The van der Waals surface area contributed by atoms with E-state index in [0.717, 1.165) is 54.2 Å². The van der Waals surface area contributed by atoms with E-state index in [0.29, 0.717) is 12.0 Å². The quantitative estimate of drug-likeness (QED) is 0.0134. The second kappa shape index (κ2) is 40.2. The molecule has 8 aromatic rings. The van der Waals surface area contributed by atoms with Crippen LogP contribution < -0.4 is 69.3 Å². The summed E-state index contributed by atoms with van der Waals surface area (Å²) < 4.78 is 13.6. The Morgan fingerprint density at radius 2 is 0.774 bits per heavy atom. The number of carbonyl (C=O) groups excluding carboxylic acids is 10. The van der Waals surface area contributed by atoms with Crippen molar-refractivity contribution in [3.05, 3.63) is 169 Å². The smallest absolute Gasteiger partial charge is 0.261 e. The Hall–Kier alpha value is -10.5. The van der Waals surface area contributed by atoms with E-state index in [9.17, 15) is 33.6 Å². The molecule has 1 aliphatic heterocycles. The highest BCUT2D eigenvalue weighted by Gasteiger charge is 2.50. The summed E-state index contributed by atoms with van der Waals surface area (Å²) in [6.45, 7) is 28.1. The molecule has 115 heavy (non-hydrogen) atoms. The Bertz CT molecular complexity index is 4600. The van der Waals surface area contributed by atoms with Crippen LogP contribution in [0.4, 0.5) is 0 Å². The van der Waals surface area contributed by atoms with Crippen LogP contribution in [0.15, 0.2) is 152 Å². The molecule has 12 atom stereocenters. The van der Waals surface area contributed by atoms with Gasteiger partial charge in [-0.15, -0.1) is 0 Å². The molecule has 0 spiro atoms. The van der Waals surface area contributed by atoms with Crippen LogP contribution in [0, 0.1) is 29.6 Å². The van der Waals surface area contributed by atoms with Crippen LogP contribution in [0.1, 0.15) is 146 Å². The Labute approximate surface area is 675 Å². The summed E-state index contributed by atoms with van der Waals surface area (Å²) in [6.07, 6.45) is 4.49. The van der Waals surface area contributed by atoms with E-state index in [4.69, 9.17) is 14.9 Å². The van der Waals surface area contributed by atoms with Crippen molar-refractivity contribution in [1.82, 2.24) is 68.1 Å². The van der Waals surface area contributed by atoms with Crippen LogP contribution in [0.3, 0.4) is 0 Å². The van der Waals surface area contributed by atoms with Crippen molar-refractivity contribution >= 4 is 110 Å². The molecule has 0 unspecified atom stereocenters. The molecule has 26 nitrogen and oxygen atoms in total. The van der Waals surface area contributed by atoms with Crippen molar-refractivity contribution in [2.45, 2.75) is 226 Å². The van der Waals surface area contributed by atoms with Gasteiger partial charge in [-0.2, -0.15) is 0 Å². The van der Waals surface area contributed by atoms with Crippen LogP contribution in [0.5, 0.6) is 0 Å². The van der Waals surface area contributed by atoms with Crippen LogP contribution in [-0.4, -0.2) is 168 Å². The number of hydrogen-bond acceptors (Lipinski definition) is 13. The first-order chi connectivity index (χ1) is 54.6. The lowest BCUT2D eigenvalue weighted by Crippen LogP contribution is -2.67. The highest BCUT2D eigenvalue weighted by molar-refractivity contribution is 6.99. The van der Waals surface area contributed by atoms with E-state index in [1.165, 1.54) is 6.92 Å². The molecule has 9 rings (SSSR count). The fourth-order valence-corrected chi connectivity index (χ4v) is 19.8. The normalized spacial score (nSPS) is 16.6. The number of H-pyrrole nitrogens is 3. The van der Waals surface area contributed by atoms with Crippen LogP contribution in [0.2, 0.25) is 5.04 Å². The lowest BCUT2D eigenvalue weighted by atomic mass is 9.97. The fourth-order valence-electron chi connectivity index (χ4n) is 15.2. The zero-order valence-corrected chi connectivity index (χ0v) is 70.1. The maximum absolute atomic E-state index is 15.3. The van der Waals surface area contributed by atoms with E-state index in [1.807, 2.05) is 143 Å². The van der Waals surface area contributed by atoms with E-state index in [2.05, 4.69) is 113 Å². The average Bonchev–Trinajstić information content (AvgIpc) is 1.02. The SMILES string of the molecule is CC(C)C[C@@H](NC(=O)[C@H](Cc1c[nH]c2ccccc12)NC(=O)[C@@H](CC(C)C)NC(=O)[C@@H]1CC[C@H]([C@@H](C)NC(=O)[C@H](Cc2c[nH]c3ccccc23)NC(=O)[C@H](NC(=O)[C@@H](NC(=O)[C@H](NC(=O)[C@H](C)N)C(C)C)C(C)C)C(C)C)O1)C(=O)N[C@@H](Cc1c[nH]c2ccccc12)C(=O)NCCO[Si](c1ccccc1)(c1ccccc1)C(C)(C)C. The minimum absolute atomic E-state index is 0.0208. The molecule has 1 fully saturated rings. The molecule has 10 amide bonds. The standard InChI is InChI=1S/C88H120N14O12Si/c1-50(2)42-68(81(106)96-70(44-57-47-91-65-35-25-22-32-62(57)65)79(104)90-40-41-113-115(88(13,14)15,60-28-18-16-19-29-60)61-30-20-17-21-31-61)95-83(108)72(46-59-49-93-67-37-27-24-34-64(59)67)97-82(107)69(43-51(3)4)98-84(109)74-39-38-73(114-74)56(12)94-80(105)71(45-58-48-92-66-36-26-23-33-63(58)66)99-85(110)75(52(5)6)101-87(112)77(54(9)10)102-86(111)76(53(7)8)100-78(103)55(11)89/h16-37,47-56,68-77,91-93H,38-46,89H2,1-15H3,(H,90,104)(H,94,105)(H,95,108)(H,96,106)(H,97,107)(H,98,109)(H,99,110)(H,100,103)(H,101,112)(H,102,111)/t55-,56+,68+,69+,70-,71-,72-,73+,74-,75+,76+,77-/m0/s1. The molecule has 0 radical (unpaired) electrons. The zero-order chi connectivity index (χ0) is 83.6. The third kappa shape index (κ3) is 23.0. The molecule has 15 N–H and O–H groups in total. The van der Waals surface area contributed by atoms with Crippen molar-refractivity contribution in [1.29, 1.82) is 0 Å². The van der Waals surface area contributed by atoms with Gasteiger partial charge in [-0.3, -0.25) is 47.9 Å². The van der Waals surface area contributed by atoms with Crippen LogP contribution >= 0.6 is 0 Å². The molecule has 1 aliphatic rings. The first-order valence-corrected chi connectivity index (χ1v) is 42.4. The first kappa shape index (κ1) is 88.5. The molecular weight excluding hydrogens is 1470 g/mol. The number of aromatic nitrogens is 3. The monoisotopic (exact) mass is 1590 g/mol. The van der Waals surface area contributed by atoms with Gasteiger partial charge in [0, 0.05) is 77.1 Å². The number of amides is 10. The zero-order valence-electron chi connectivity index (χ0n) is 69.1. The third-order valence-electron chi connectivity index (χ3n) is 21.4. The van der Waals surface area contributed by atoms with Gasteiger partial charge in [-0.25, -0.2) is 0 Å². The number of fused-ring (bicyclic) bond motifs is 3. The van der Waals surface area contributed by atoms with Gasteiger partial charge in [0.15, 0.2) is 0 Å². The van der Waals surface area contributed by atoms with Gasteiger partial charge < -0.3 is 83.0 Å². The average molecular weight is 1590 g/mol. The van der Waals surface area contributed by atoms with Crippen molar-refractivity contribution < 1.29 is 57.1 Å². The number of hydrogen-bond donors (Lipinski definition) is 14. The molecule has 4 heterocycles. The predicted molar refractivity (Wildman–Crippen MR) is 451 cm³/mol. The van der Waals surface area contributed by atoms with E-state index in [-0.39, 0.29) is 74.5 Å². The highest BCUT2D eigenvalue weighted by Crippen LogP contribution is 2.37. The summed E-state index contributed by atoms with van der Waals surface area (Å²) in [6, 6.07) is 32.2. The topological polar surface area (TPSA) is 383 Å². The van der Waals surface area contributed by atoms with E-state index >= 15 is 14.4 Å². The molecule has 618 valence electrons. The van der Waals surface area contributed by atoms with Crippen LogP contribution in [0.25, 0.3) is 32.7 Å². The van der Waals surface area contributed by atoms with Crippen molar-refractivity contribution in [2.75, 3.05) is 13.2 Å². The highest BCUT2D eigenvalue weighted by atomic mass is 28.4. The Balaban J connectivity index is 0.890. The molecule has 0 bridgehead atoms. The molecule has 0 saturated carbocycles. The Morgan fingerprint density at radius 1 is 0.426 bits per heavy atom. The largest absolute Gasteiger partial charge is 0.406 e. The van der Waals surface area contributed by atoms with Crippen molar-refractivity contribution in [2.24, 2.45) is 35.3 Å². The van der Waals surface area contributed by atoms with Gasteiger partial charge in [-0.1, -0.05) is 205 Å². The number of nitrogens with one attached hydrogen (secondary N) is 13. The second-order valence-corrected chi connectivity index (χ2v) is 37.9. The number of aromatic amines is 3. The molecule has 1 saturated heterocycles. The summed E-state index contributed by atoms with van der Waals surface area (Å²) >= 11 is 0. The number of rotatable bonds is 39. The number of para-hydroxylation sites is 3. The summed E-state index contributed by atoms with van der Waals surface area (Å²) in [5.74, 6) is -7.67. The third-order valence-corrected chi connectivity index (χ3v) is 26.5. The Morgan fingerprint density at radius 3 is 1.17 bits per heavy atom. The number of carbonyl (C=O) groups is 10. The summed E-state index contributed by atoms with van der Waals surface area (Å²) in [5.41, 5.74) is 10.5. The lowest BCUT2D eigenvalue weighted by molar-refractivity contribution is -0.138. The number of ether oxygens (including phenoxy) is 1. The molecular formula is C88H120N14O12Si. The van der Waals surface area contributed by atoms with Crippen molar-refractivity contribution in [3.8, 4) is 0 Å². The predicted octanol–water partition coefficient (Wildman–Crippen LogP) is 7.19. The van der Waals surface area contributed by atoms with Crippen molar-refractivity contribution in [3.63, 3.8) is 0 Å². The number of benzene rings is 5. The van der Waals surface area contributed by atoms with Gasteiger partial charge in [0.05, 0.1) is 24.8 Å². The first-order valence-electron chi connectivity index (χ1n) is 40.5. The van der Waals surface area contributed by atoms with Gasteiger partial charge in [0.2, 0.25) is 59.1 Å². The summed E-state index contributed by atoms with van der Waals surface area (Å²) in [4.78, 5) is 155. The number of nitrogens with two attached hydrogens (primary N) is 1. The Kier molecular flexibility index (Phi) is 30.9. The van der Waals surface area contributed by atoms with Crippen LogP contribution in [-0.2, 0) is 76.4 Å². The van der Waals surface area contributed by atoms with Gasteiger partial charge in [-0.05, 0) is 119 Å². The molecule has 5 aromatic carbocycles. The maximum atomic E-state index is 15.3. The molecule has 27 heteroatoms. The maximum Gasteiger partial charge on any atom is 0.261 e. The van der Waals surface area contributed by atoms with E-state index in [1.54, 1.807) is 60.9 Å². The fraction of sp³-hybridized carbons (Fsp3) is 0.477.